The summed E-state index contributed by atoms with van der Waals surface area (Å²) in [6, 6.07) is 9.68. The number of nitrogens with zero attached hydrogens (tertiary/aromatic N) is 1. The molecule has 6 heteroatoms. The number of furan rings is 1. The van der Waals surface area contributed by atoms with E-state index in [9.17, 15) is 14.9 Å². The molecule has 1 aliphatic heterocycles. The van der Waals surface area contributed by atoms with E-state index < -0.39 is 16.1 Å². The maximum atomic E-state index is 12.5. The molecule has 25 heavy (non-hydrogen) atoms. The quantitative estimate of drug-likeness (QED) is 0.469. The smallest absolute Gasteiger partial charge is 0.270 e. The van der Waals surface area contributed by atoms with Gasteiger partial charge in [-0.15, -0.1) is 0 Å². The second-order valence-electron chi connectivity index (χ2n) is 7.02. The highest BCUT2D eigenvalue weighted by Crippen LogP contribution is 2.40. The molecule has 2 aromatic rings. The lowest BCUT2D eigenvalue weighted by Crippen LogP contribution is -2.29. The first-order valence-electron chi connectivity index (χ1n) is 7.92. The van der Waals surface area contributed by atoms with Crippen LogP contribution in [0.15, 0.2) is 46.4 Å². The van der Waals surface area contributed by atoms with Gasteiger partial charge in [0.2, 0.25) is 0 Å². The molecule has 0 N–H and O–H groups in total. The van der Waals surface area contributed by atoms with Gasteiger partial charge in [-0.2, -0.15) is 0 Å². The third-order valence-corrected chi connectivity index (χ3v) is 4.21. The van der Waals surface area contributed by atoms with Crippen molar-refractivity contribution >= 4 is 17.5 Å². The molecule has 6 nitrogen and oxygen atoms in total. The zero-order valence-corrected chi connectivity index (χ0v) is 14.5. The Bertz CT molecular complexity index is 889. The number of ether oxygens (including phenoxy) is 1. The van der Waals surface area contributed by atoms with Gasteiger partial charge in [0, 0.05) is 23.3 Å². The van der Waals surface area contributed by atoms with Gasteiger partial charge in [-0.25, -0.2) is 0 Å². The van der Waals surface area contributed by atoms with Crippen molar-refractivity contribution in [2.24, 2.45) is 0 Å². The predicted molar refractivity (Wildman–Crippen MR) is 93.0 cm³/mol. The minimum absolute atomic E-state index is 0.00365. The van der Waals surface area contributed by atoms with Crippen molar-refractivity contribution in [1.82, 2.24) is 0 Å². The number of nitro groups is 1. The summed E-state index contributed by atoms with van der Waals surface area (Å²) in [5, 5.41) is 10.9. The summed E-state index contributed by atoms with van der Waals surface area (Å²) in [5.74, 6) is 0.920. The minimum Gasteiger partial charge on any atom is -0.457 e. The standard InChI is InChI=1S/C19H19NO5/c1-18(2)15(17(21)19(3,4)25-18)11-14-8-9-16(24-14)12-6-5-7-13(10-12)20(22)23/h5-11H,1-4H3. The number of nitro benzene ring substituents is 1. The van der Waals surface area contributed by atoms with Crippen LogP contribution >= 0.6 is 0 Å². The molecule has 2 heterocycles. The molecule has 1 fully saturated rings. The molecule has 0 bridgehead atoms. The van der Waals surface area contributed by atoms with Gasteiger partial charge in [0.15, 0.2) is 5.78 Å². The van der Waals surface area contributed by atoms with Crippen LogP contribution in [0.2, 0.25) is 0 Å². The molecular formula is C19H19NO5. The van der Waals surface area contributed by atoms with Gasteiger partial charge >= 0.3 is 0 Å². The van der Waals surface area contributed by atoms with Crippen molar-refractivity contribution in [3.8, 4) is 11.3 Å². The van der Waals surface area contributed by atoms with Crippen molar-refractivity contribution < 1.29 is 18.9 Å². The number of ketones is 1. The van der Waals surface area contributed by atoms with Crippen molar-refractivity contribution in [1.29, 1.82) is 0 Å². The molecule has 130 valence electrons. The molecule has 1 aliphatic rings. The normalized spacial score (nSPS) is 20.2. The van der Waals surface area contributed by atoms with E-state index in [0.29, 0.717) is 22.7 Å². The topological polar surface area (TPSA) is 82.6 Å². The van der Waals surface area contributed by atoms with Crippen LogP contribution in [0.25, 0.3) is 17.4 Å². The fraction of sp³-hybridized carbons (Fsp3) is 0.316. The van der Waals surface area contributed by atoms with Crippen LogP contribution in [0.3, 0.4) is 0 Å². The Kier molecular flexibility index (Phi) is 3.88. The summed E-state index contributed by atoms with van der Waals surface area (Å²) in [5.41, 5.74) is -0.440. The summed E-state index contributed by atoms with van der Waals surface area (Å²) in [6.45, 7) is 7.18. The molecule has 1 aromatic heterocycles. The highest BCUT2D eigenvalue weighted by Gasteiger charge is 2.49. The fourth-order valence-electron chi connectivity index (χ4n) is 3.08. The molecule has 0 atom stereocenters. The summed E-state index contributed by atoms with van der Waals surface area (Å²) >= 11 is 0. The van der Waals surface area contributed by atoms with E-state index in [4.69, 9.17) is 9.15 Å². The Morgan fingerprint density at radius 3 is 2.40 bits per heavy atom. The van der Waals surface area contributed by atoms with E-state index >= 15 is 0 Å². The largest absolute Gasteiger partial charge is 0.457 e. The first-order chi connectivity index (χ1) is 11.6. The fourth-order valence-corrected chi connectivity index (χ4v) is 3.08. The van der Waals surface area contributed by atoms with Crippen molar-refractivity contribution in [3.05, 3.63) is 57.8 Å². The average Bonchev–Trinajstić information content (AvgIpc) is 3.04. The second-order valence-corrected chi connectivity index (χ2v) is 7.02. The SMILES string of the molecule is CC1(C)OC(C)(C)C(=Cc2ccc(-c3cccc([N+](=O)[O-])c3)o2)C1=O. The molecule has 0 unspecified atom stereocenters. The number of carbonyl (C=O) groups excluding carboxylic acids is 1. The van der Waals surface area contributed by atoms with Gasteiger partial charge in [0.1, 0.15) is 17.1 Å². The Morgan fingerprint density at radius 2 is 1.80 bits per heavy atom. The number of Topliss-reactive ketones (excluding diaryl/α,β-unsaturated/α-hetero) is 1. The number of non-ortho nitro benzene ring substituents is 1. The molecule has 3 rings (SSSR count). The zero-order chi connectivity index (χ0) is 18.4. The number of hydrogen-bond acceptors (Lipinski definition) is 5. The highest BCUT2D eigenvalue weighted by molar-refractivity contribution is 6.08. The van der Waals surface area contributed by atoms with Crippen molar-refractivity contribution in [2.45, 2.75) is 38.9 Å². The van der Waals surface area contributed by atoms with E-state index in [1.165, 1.54) is 12.1 Å². The van der Waals surface area contributed by atoms with Crippen LogP contribution in [0.5, 0.6) is 0 Å². The number of benzene rings is 1. The van der Waals surface area contributed by atoms with Crippen LogP contribution in [0.4, 0.5) is 5.69 Å². The molecule has 1 aromatic carbocycles. The second kappa shape index (κ2) is 5.67. The van der Waals surface area contributed by atoms with Gasteiger partial charge in [0.25, 0.3) is 5.69 Å². The maximum Gasteiger partial charge on any atom is 0.270 e. The van der Waals surface area contributed by atoms with Crippen LogP contribution in [0, 0.1) is 10.1 Å². The van der Waals surface area contributed by atoms with Crippen LogP contribution in [-0.4, -0.2) is 21.9 Å². The molecule has 0 aliphatic carbocycles. The number of carbonyl (C=O) groups is 1. The lowest BCUT2D eigenvalue weighted by molar-refractivity contribution is -0.384. The summed E-state index contributed by atoms with van der Waals surface area (Å²) < 4.78 is 11.6. The van der Waals surface area contributed by atoms with Gasteiger partial charge in [-0.05, 0) is 45.9 Å². The van der Waals surface area contributed by atoms with E-state index in [-0.39, 0.29) is 11.5 Å². The predicted octanol–water partition coefficient (Wildman–Crippen LogP) is 4.39. The molecule has 1 saturated heterocycles. The molecule has 0 amide bonds. The number of hydrogen-bond donors (Lipinski definition) is 0. The average molecular weight is 341 g/mol. The molecule has 0 saturated carbocycles. The molecule has 0 spiro atoms. The van der Waals surface area contributed by atoms with Crippen LogP contribution in [0.1, 0.15) is 33.5 Å². The lowest BCUT2D eigenvalue weighted by Gasteiger charge is -2.22. The summed E-state index contributed by atoms with van der Waals surface area (Å²) in [7, 11) is 0. The Morgan fingerprint density at radius 1 is 1.08 bits per heavy atom. The van der Waals surface area contributed by atoms with E-state index in [1.807, 2.05) is 13.8 Å². The van der Waals surface area contributed by atoms with Gasteiger partial charge < -0.3 is 9.15 Å². The first-order valence-corrected chi connectivity index (χ1v) is 7.92. The lowest BCUT2D eigenvalue weighted by atomic mass is 9.92. The van der Waals surface area contributed by atoms with Gasteiger partial charge in [0.05, 0.1) is 10.5 Å². The van der Waals surface area contributed by atoms with E-state index in [1.54, 1.807) is 44.2 Å². The van der Waals surface area contributed by atoms with Gasteiger partial charge in [-0.3, -0.25) is 14.9 Å². The third-order valence-electron chi connectivity index (χ3n) is 4.21. The van der Waals surface area contributed by atoms with Crippen LogP contribution < -0.4 is 0 Å². The Labute approximate surface area is 145 Å². The Balaban J connectivity index is 1.96. The Hall–Kier alpha value is -2.73. The van der Waals surface area contributed by atoms with E-state index in [0.717, 1.165) is 0 Å². The zero-order valence-electron chi connectivity index (χ0n) is 14.5. The van der Waals surface area contributed by atoms with Crippen molar-refractivity contribution in [3.63, 3.8) is 0 Å². The third kappa shape index (κ3) is 3.13. The molecule has 0 radical (unpaired) electrons. The summed E-state index contributed by atoms with van der Waals surface area (Å²) in [4.78, 5) is 23.0. The van der Waals surface area contributed by atoms with Crippen molar-refractivity contribution in [2.75, 3.05) is 0 Å². The van der Waals surface area contributed by atoms with E-state index in [2.05, 4.69) is 0 Å². The number of rotatable bonds is 3. The summed E-state index contributed by atoms with van der Waals surface area (Å²) in [6.07, 6.45) is 1.68. The molecular weight excluding hydrogens is 322 g/mol. The first kappa shape index (κ1) is 17.1. The van der Waals surface area contributed by atoms with Gasteiger partial charge in [-0.1, -0.05) is 12.1 Å². The minimum atomic E-state index is -0.870. The van der Waals surface area contributed by atoms with Crippen LogP contribution in [-0.2, 0) is 9.53 Å². The maximum absolute atomic E-state index is 12.5. The highest BCUT2D eigenvalue weighted by atomic mass is 16.6. The monoisotopic (exact) mass is 341 g/mol.